The van der Waals surface area contributed by atoms with Gasteiger partial charge in [-0.2, -0.15) is 5.26 Å². The minimum atomic E-state index is -1.07. The Kier molecular flexibility index (Phi) is 7.44. The van der Waals surface area contributed by atoms with E-state index in [2.05, 4.69) is 21.4 Å². The van der Waals surface area contributed by atoms with Crippen LogP contribution in [0.5, 0.6) is 5.88 Å². The van der Waals surface area contributed by atoms with Crippen molar-refractivity contribution in [3.05, 3.63) is 29.5 Å². The van der Waals surface area contributed by atoms with Crippen LogP contribution in [0.25, 0.3) is 11.0 Å². The standard InChI is InChI=1S/C26H32N4O7/c27-14-17-15-28-19-4-5-21(34-11-12-36-22-3-1-2-10-35-22)29-23(19)18(17)13-20(31)26-8-6-25(7-9-26,16-37-26)30-24(32)33/h4-5,15,20,22,30-31H,1-3,6-13,16H2,(H,32,33). The molecule has 37 heavy (non-hydrogen) atoms. The Balaban J connectivity index is 1.29. The lowest BCUT2D eigenvalue weighted by atomic mass is 9.68. The lowest BCUT2D eigenvalue weighted by Crippen LogP contribution is -2.65. The first-order valence-corrected chi connectivity index (χ1v) is 12.8. The van der Waals surface area contributed by atoms with E-state index >= 15 is 0 Å². The summed E-state index contributed by atoms with van der Waals surface area (Å²) >= 11 is 0. The van der Waals surface area contributed by atoms with E-state index in [4.69, 9.17) is 18.9 Å². The number of aromatic nitrogens is 2. The number of nitrogens with zero attached hydrogens (tertiary/aromatic N) is 3. The quantitative estimate of drug-likeness (QED) is 0.427. The van der Waals surface area contributed by atoms with Crippen LogP contribution in [-0.2, 0) is 20.6 Å². The van der Waals surface area contributed by atoms with E-state index in [0.717, 1.165) is 19.3 Å². The van der Waals surface area contributed by atoms with Gasteiger partial charge in [-0.25, -0.2) is 9.78 Å². The predicted octanol–water partition coefficient (Wildman–Crippen LogP) is 2.68. The summed E-state index contributed by atoms with van der Waals surface area (Å²) in [5.74, 6) is 0.377. The topological polar surface area (TPSA) is 156 Å². The molecule has 0 spiro atoms. The molecule has 3 aliphatic heterocycles. The Hall–Kier alpha value is -3.04. The van der Waals surface area contributed by atoms with E-state index in [1.54, 1.807) is 12.1 Å². The van der Waals surface area contributed by atoms with Gasteiger partial charge in [0, 0.05) is 30.9 Å². The molecule has 11 heteroatoms. The zero-order valence-electron chi connectivity index (χ0n) is 20.6. The van der Waals surface area contributed by atoms with Crippen LogP contribution >= 0.6 is 0 Å². The van der Waals surface area contributed by atoms with Gasteiger partial charge in [0.15, 0.2) is 6.29 Å². The fourth-order valence-electron chi connectivity index (χ4n) is 5.57. The molecule has 1 amide bonds. The van der Waals surface area contributed by atoms with Crippen molar-refractivity contribution in [1.29, 1.82) is 5.26 Å². The second kappa shape index (κ2) is 10.8. The van der Waals surface area contributed by atoms with E-state index in [0.29, 0.717) is 73.5 Å². The highest BCUT2D eigenvalue weighted by atomic mass is 16.7. The summed E-state index contributed by atoms with van der Waals surface area (Å²) < 4.78 is 23.2. The Morgan fingerprint density at radius 2 is 2.11 bits per heavy atom. The van der Waals surface area contributed by atoms with Crippen molar-refractivity contribution in [2.24, 2.45) is 0 Å². The molecule has 2 aromatic heterocycles. The Bertz CT molecular complexity index is 1150. The summed E-state index contributed by atoms with van der Waals surface area (Å²) in [4.78, 5) is 20.2. The number of fused-ring (bicyclic) bond motifs is 4. The number of hydrogen-bond donors (Lipinski definition) is 3. The molecule has 3 saturated heterocycles. The summed E-state index contributed by atoms with van der Waals surface area (Å²) in [5, 5.41) is 32.9. The average Bonchev–Trinajstić information content (AvgIpc) is 2.92. The van der Waals surface area contributed by atoms with E-state index in [1.165, 1.54) is 6.20 Å². The number of ether oxygens (including phenoxy) is 4. The highest BCUT2D eigenvalue weighted by Crippen LogP contribution is 2.46. The molecule has 5 heterocycles. The number of rotatable bonds is 9. The number of carboxylic acid groups (broad SMARTS) is 1. The fourth-order valence-corrected chi connectivity index (χ4v) is 5.57. The zero-order valence-corrected chi connectivity index (χ0v) is 20.6. The van der Waals surface area contributed by atoms with Gasteiger partial charge < -0.3 is 34.5 Å². The summed E-state index contributed by atoms with van der Waals surface area (Å²) in [6, 6.07) is 5.67. The van der Waals surface area contributed by atoms with Crippen molar-refractivity contribution in [2.75, 3.05) is 26.4 Å². The van der Waals surface area contributed by atoms with Gasteiger partial charge in [-0.3, -0.25) is 4.98 Å². The smallest absolute Gasteiger partial charge is 0.405 e. The maximum absolute atomic E-state index is 11.3. The zero-order chi connectivity index (χ0) is 25.9. The van der Waals surface area contributed by atoms with E-state index < -0.39 is 23.3 Å². The first kappa shape index (κ1) is 25.6. The van der Waals surface area contributed by atoms with Gasteiger partial charge in [0.2, 0.25) is 5.88 Å². The maximum Gasteiger partial charge on any atom is 0.405 e. The summed E-state index contributed by atoms with van der Waals surface area (Å²) in [5.41, 5.74) is 0.611. The largest absolute Gasteiger partial charge is 0.475 e. The third-order valence-electron chi connectivity index (χ3n) is 7.75. The van der Waals surface area contributed by atoms with Crippen LogP contribution in [0.1, 0.15) is 56.1 Å². The molecule has 6 rings (SSSR count). The lowest BCUT2D eigenvalue weighted by Gasteiger charge is -2.54. The van der Waals surface area contributed by atoms with Crippen molar-refractivity contribution in [2.45, 2.75) is 74.9 Å². The molecule has 0 aromatic carbocycles. The van der Waals surface area contributed by atoms with Gasteiger partial charge in [0.05, 0.1) is 47.1 Å². The van der Waals surface area contributed by atoms with Crippen LogP contribution in [0.3, 0.4) is 0 Å². The van der Waals surface area contributed by atoms with E-state index in [9.17, 15) is 20.3 Å². The Labute approximate surface area is 214 Å². The summed E-state index contributed by atoms with van der Waals surface area (Å²) in [7, 11) is 0. The van der Waals surface area contributed by atoms with Crippen molar-refractivity contribution in [3.8, 4) is 11.9 Å². The molecule has 0 radical (unpaired) electrons. The second-order valence-electron chi connectivity index (χ2n) is 10.1. The minimum absolute atomic E-state index is 0.153. The van der Waals surface area contributed by atoms with Crippen molar-refractivity contribution in [1.82, 2.24) is 15.3 Å². The van der Waals surface area contributed by atoms with Crippen molar-refractivity contribution < 1.29 is 34.0 Å². The molecular formula is C26H32N4O7. The molecule has 4 fully saturated rings. The van der Waals surface area contributed by atoms with Crippen LogP contribution in [0.4, 0.5) is 4.79 Å². The van der Waals surface area contributed by atoms with E-state index in [1.807, 2.05) is 0 Å². The molecule has 2 atom stereocenters. The normalized spacial score (nSPS) is 27.9. The van der Waals surface area contributed by atoms with Crippen LogP contribution in [0.15, 0.2) is 18.3 Å². The summed E-state index contributed by atoms with van der Waals surface area (Å²) in [6.07, 6.45) is 4.72. The number of pyridine rings is 2. The average molecular weight is 513 g/mol. The van der Waals surface area contributed by atoms with Crippen LogP contribution in [-0.4, -0.2) is 76.2 Å². The monoisotopic (exact) mass is 512 g/mol. The van der Waals surface area contributed by atoms with Gasteiger partial charge >= 0.3 is 6.09 Å². The number of amides is 1. The highest BCUT2D eigenvalue weighted by Gasteiger charge is 2.53. The number of aliphatic hydroxyl groups is 1. The van der Waals surface area contributed by atoms with Crippen molar-refractivity contribution >= 4 is 17.1 Å². The third-order valence-corrected chi connectivity index (χ3v) is 7.75. The van der Waals surface area contributed by atoms with Gasteiger partial charge in [-0.05, 0) is 51.0 Å². The third kappa shape index (κ3) is 5.48. The molecule has 4 aliphatic rings. The molecular weight excluding hydrogens is 480 g/mol. The summed E-state index contributed by atoms with van der Waals surface area (Å²) in [6.45, 7) is 1.59. The van der Waals surface area contributed by atoms with Gasteiger partial charge in [0.25, 0.3) is 0 Å². The van der Waals surface area contributed by atoms with E-state index in [-0.39, 0.29) is 19.3 Å². The minimum Gasteiger partial charge on any atom is -0.475 e. The molecule has 2 unspecified atom stereocenters. The molecule has 1 saturated carbocycles. The van der Waals surface area contributed by atoms with Crippen molar-refractivity contribution in [3.63, 3.8) is 0 Å². The number of aliphatic hydroxyl groups excluding tert-OH is 1. The fraction of sp³-hybridized carbons (Fsp3) is 0.615. The van der Waals surface area contributed by atoms with Gasteiger partial charge in [-0.15, -0.1) is 0 Å². The Morgan fingerprint density at radius 1 is 1.27 bits per heavy atom. The SMILES string of the molecule is N#Cc1cnc2ccc(OCCOC3CCCCO3)nc2c1CC(O)C12CCC(NC(=O)O)(CC1)CO2. The first-order chi connectivity index (χ1) is 17.9. The van der Waals surface area contributed by atoms with Crippen LogP contribution < -0.4 is 10.1 Å². The number of nitriles is 1. The molecule has 198 valence electrons. The molecule has 1 aliphatic carbocycles. The molecule has 2 aromatic rings. The Morgan fingerprint density at radius 3 is 2.78 bits per heavy atom. The predicted molar refractivity (Wildman–Crippen MR) is 130 cm³/mol. The van der Waals surface area contributed by atoms with Gasteiger partial charge in [0.1, 0.15) is 12.7 Å². The number of nitrogens with one attached hydrogen (secondary N) is 1. The number of carbonyl (C=O) groups is 1. The van der Waals surface area contributed by atoms with Gasteiger partial charge in [-0.1, -0.05) is 0 Å². The second-order valence-corrected chi connectivity index (χ2v) is 10.1. The van der Waals surface area contributed by atoms with Crippen LogP contribution in [0, 0.1) is 11.3 Å². The van der Waals surface area contributed by atoms with Crippen LogP contribution in [0.2, 0.25) is 0 Å². The number of hydrogen-bond acceptors (Lipinski definition) is 9. The molecule has 11 nitrogen and oxygen atoms in total. The highest BCUT2D eigenvalue weighted by molar-refractivity contribution is 5.80. The lowest BCUT2D eigenvalue weighted by molar-refractivity contribution is -0.206. The molecule has 3 N–H and O–H groups in total. The maximum atomic E-state index is 11.3. The molecule has 2 bridgehead atoms. The first-order valence-electron chi connectivity index (χ1n) is 12.8.